The van der Waals surface area contributed by atoms with E-state index in [4.69, 9.17) is 23.7 Å². The number of aromatic nitrogens is 3. The van der Waals surface area contributed by atoms with Crippen LogP contribution in [0, 0.1) is 0 Å². The van der Waals surface area contributed by atoms with E-state index >= 15 is 0 Å². The fourth-order valence-electron chi connectivity index (χ4n) is 9.08. The molecule has 3 aromatic heterocycles. The summed E-state index contributed by atoms with van der Waals surface area (Å²) in [5.74, 6) is 0. The van der Waals surface area contributed by atoms with Gasteiger partial charge in [0.05, 0.1) is 51.7 Å². The van der Waals surface area contributed by atoms with E-state index in [-0.39, 0.29) is 18.8 Å². The third-order valence-corrected chi connectivity index (χ3v) is 12.0. The van der Waals surface area contributed by atoms with Crippen molar-refractivity contribution in [2.75, 3.05) is 39.6 Å². The quantitative estimate of drug-likeness (QED) is 0.118. The van der Waals surface area contributed by atoms with Gasteiger partial charge < -0.3 is 48.0 Å². The SMILES string of the molecule is C1=C[C@@H](n2c3ccccc3c3ccccc32)COC1.CC(C)(C)OC(=O)OC1C=CCOC1.O[C@H]1[C@@H](O)COC[C@@H]1n1c2ccccc2c2ccccc21.c1ccc2c(c1)[nH]c1ccccc12. The van der Waals surface area contributed by atoms with Gasteiger partial charge in [-0.3, -0.25) is 0 Å². The lowest BCUT2D eigenvalue weighted by Gasteiger charge is -2.33. The number of hydrogen-bond acceptors (Lipinski definition) is 8. The Balaban J connectivity index is 0.000000114. The summed E-state index contributed by atoms with van der Waals surface area (Å²) in [5, 5.41) is 27.8. The molecule has 0 amide bonds. The molecule has 1 fully saturated rings. The summed E-state index contributed by atoms with van der Waals surface area (Å²) >= 11 is 0. The molecule has 3 aliphatic rings. The number of H-pyrrole nitrogens is 1. The van der Waals surface area contributed by atoms with Crippen molar-refractivity contribution >= 4 is 71.6 Å². The molecule has 344 valence electrons. The standard InChI is InChI=1S/C17H17NO3.C17H15NO.C12H9N.C10H16O4/c19-16-10-21-9-15(17(16)20)18-13-7-3-1-5-11(13)12-6-2-4-8-14(12)18;1-3-9-16-14(7-1)15-8-2-4-10-17(15)18(16)13-6-5-11-19-12-13;1-3-7-11-9(5-1)10-6-2-4-8-12(10)13-11;1-10(2,3)14-9(11)13-8-5-4-6-12-7-8/h1-8,15-17,19-20H,9-10H2;1-10,13H,11-12H2;1-8,13H;4-5,8H,6-7H2,1-3H3/t15-,16-,17+;13-;;/m01../s1. The van der Waals surface area contributed by atoms with Crippen LogP contribution in [0.25, 0.3) is 65.4 Å². The van der Waals surface area contributed by atoms with Crippen molar-refractivity contribution in [1.29, 1.82) is 0 Å². The Bertz CT molecular complexity index is 3020. The van der Waals surface area contributed by atoms with Gasteiger partial charge in [-0.05, 0) is 63.2 Å². The molecule has 1 saturated heterocycles. The van der Waals surface area contributed by atoms with Crippen molar-refractivity contribution in [3.8, 4) is 0 Å². The van der Waals surface area contributed by atoms with E-state index in [0.29, 0.717) is 25.9 Å². The first-order chi connectivity index (χ1) is 32.6. The summed E-state index contributed by atoms with van der Waals surface area (Å²) in [6.07, 6.45) is 5.34. The first-order valence-corrected chi connectivity index (χ1v) is 22.9. The molecule has 6 heterocycles. The Kier molecular flexibility index (Phi) is 13.8. The number of benzene rings is 6. The number of carbonyl (C=O) groups excluding carboxylic acids is 1. The van der Waals surface area contributed by atoms with E-state index in [1.54, 1.807) is 26.8 Å². The number of nitrogens with zero attached hydrogens (tertiary/aromatic N) is 2. The van der Waals surface area contributed by atoms with E-state index in [1.165, 1.54) is 43.6 Å². The van der Waals surface area contributed by atoms with Gasteiger partial charge in [0, 0.05) is 65.4 Å². The summed E-state index contributed by atoms with van der Waals surface area (Å²) in [5.41, 5.74) is 6.58. The minimum absolute atomic E-state index is 0.189. The predicted octanol–water partition coefficient (Wildman–Crippen LogP) is 11.2. The average molecular weight is 900 g/mol. The van der Waals surface area contributed by atoms with Crippen LogP contribution in [0.4, 0.5) is 4.79 Å². The zero-order valence-electron chi connectivity index (χ0n) is 38.0. The van der Waals surface area contributed by atoms with Gasteiger partial charge in [-0.1, -0.05) is 127 Å². The highest BCUT2D eigenvalue weighted by Crippen LogP contribution is 2.35. The number of para-hydroxylation sites is 6. The number of carbonyl (C=O) groups is 1. The minimum Gasteiger partial charge on any atom is -0.429 e. The normalized spacial score (nSPS) is 20.5. The maximum atomic E-state index is 11.2. The molecule has 0 spiro atoms. The summed E-state index contributed by atoms with van der Waals surface area (Å²) in [4.78, 5) is 14.6. The van der Waals surface area contributed by atoms with E-state index in [2.05, 4.69) is 135 Å². The number of fused-ring (bicyclic) bond motifs is 9. The van der Waals surface area contributed by atoms with Gasteiger partial charge in [-0.15, -0.1) is 0 Å². The fraction of sp³-hybridized carbons (Fsp3) is 0.268. The second-order valence-corrected chi connectivity index (χ2v) is 17.8. The molecular formula is C56H57N3O8. The fourth-order valence-corrected chi connectivity index (χ4v) is 9.08. The van der Waals surface area contributed by atoms with E-state index < -0.39 is 24.0 Å². The zero-order chi connectivity index (χ0) is 46.3. The molecule has 3 N–H and O–H groups in total. The largest absolute Gasteiger partial charge is 0.509 e. The predicted molar refractivity (Wildman–Crippen MR) is 267 cm³/mol. The molecule has 3 aliphatic heterocycles. The summed E-state index contributed by atoms with van der Waals surface area (Å²) in [6.45, 7) is 8.43. The van der Waals surface area contributed by atoms with Crippen molar-refractivity contribution in [2.24, 2.45) is 0 Å². The molecule has 0 saturated carbocycles. The average Bonchev–Trinajstić information content (AvgIpc) is 4.01. The first kappa shape index (κ1) is 45.4. The number of hydrogen-bond donors (Lipinski definition) is 3. The van der Waals surface area contributed by atoms with Crippen LogP contribution in [0.15, 0.2) is 170 Å². The third kappa shape index (κ3) is 10.2. The molecule has 6 aromatic carbocycles. The van der Waals surface area contributed by atoms with Gasteiger partial charge in [0.2, 0.25) is 0 Å². The Morgan fingerprint density at radius 3 is 1.46 bits per heavy atom. The summed E-state index contributed by atoms with van der Waals surface area (Å²) in [7, 11) is 0. The highest BCUT2D eigenvalue weighted by Gasteiger charge is 2.34. The molecule has 0 aliphatic carbocycles. The van der Waals surface area contributed by atoms with Crippen molar-refractivity contribution in [3.05, 3.63) is 170 Å². The molecule has 0 radical (unpaired) electrons. The molecule has 1 unspecified atom stereocenters. The summed E-state index contributed by atoms with van der Waals surface area (Å²) in [6, 6.07) is 50.2. The van der Waals surface area contributed by atoms with Crippen molar-refractivity contribution in [2.45, 2.75) is 56.8 Å². The van der Waals surface area contributed by atoms with Crippen molar-refractivity contribution in [1.82, 2.24) is 14.1 Å². The van der Waals surface area contributed by atoms with E-state index in [9.17, 15) is 15.0 Å². The third-order valence-electron chi connectivity index (χ3n) is 12.0. The number of rotatable bonds is 3. The highest BCUT2D eigenvalue weighted by atomic mass is 16.7. The Morgan fingerprint density at radius 2 is 1.00 bits per heavy atom. The molecule has 11 nitrogen and oxygen atoms in total. The van der Waals surface area contributed by atoms with Gasteiger partial charge in [-0.2, -0.15) is 0 Å². The maximum Gasteiger partial charge on any atom is 0.509 e. The maximum absolute atomic E-state index is 11.2. The number of ether oxygens (including phenoxy) is 5. The van der Waals surface area contributed by atoms with Gasteiger partial charge in [0.15, 0.2) is 0 Å². The zero-order valence-corrected chi connectivity index (χ0v) is 38.0. The highest BCUT2D eigenvalue weighted by molar-refractivity contribution is 6.09. The van der Waals surface area contributed by atoms with Gasteiger partial charge >= 0.3 is 6.16 Å². The van der Waals surface area contributed by atoms with Crippen LogP contribution in [0.3, 0.4) is 0 Å². The van der Waals surface area contributed by atoms with Crippen molar-refractivity contribution in [3.63, 3.8) is 0 Å². The monoisotopic (exact) mass is 899 g/mol. The molecule has 12 rings (SSSR count). The van der Waals surface area contributed by atoms with Gasteiger partial charge in [0.1, 0.15) is 23.9 Å². The van der Waals surface area contributed by atoms with Crippen LogP contribution < -0.4 is 0 Å². The van der Waals surface area contributed by atoms with E-state index in [1.807, 2.05) is 42.5 Å². The lowest BCUT2D eigenvalue weighted by Crippen LogP contribution is -2.44. The van der Waals surface area contributed by atoms with Crippen molar-refractivity contribution < 1.29 is 38.7 Å². The first-order valence-electron chi connectivity index (χ1n) is 22.9. The van der Waals surface area contributed by atoms with Crippen LogP contribution in [-0.4, -0.2) is 94.0 Å². The second-order valence-electron chi connectivity index (χ2n) is 17.8. The Labute approximate surface area is 389 Å². The van der Waals surface area contributed by atoms with Crippen LogP contribution >= 0.6 is 0 Å². The van der Waals surface area contributed by atoms with Gasteiger partial charge in [-0.25, -0.2) is 4.79 Å². The smallest absolute Gasteiger partial charge is 0.429 e. The molecule has 67 heavy (non-hydrogen) atoms. The topological polar surface area (TPSA) is 129 Å². The minimum atomic E-state index is -0.844. The molecular weight excluding hydrogens is 843 g/mol. The van der Waals surface area contributed by atoms with E-state index in [0.717, 1.165) is 35.0 Å². The number of aromatic amines is 1. The molecule has 9 aromatic rings. The van der Waals surface area contributed by atoms with Crippen LogP contribution in [0.5, 0.6) is 0 Å². The Morgan fingerprint density at radius 1 is 0.552 bits per heavy atom. The van der Waals surface area contributed by atoms with Gasteiger partial charge in [0.25, 0.3) is 0 Å². The second kappa shape index (κ2) is 20.4. The molecule has 11 heteroatoms. The van der Waals surface area contributed by atoms with Crippen LogP contribution in [0.1, 0.15) is 32.9 Å². The Hall–Kier alpha value is -6.73. The number of nitrogens with one attached hydrogen (secondary N) is 1. The molecule has 5 atom stereocenters. The van der Waals surface area contributed by atoms with Crippen LogP contribution in [-0.2, 0) is 23.7 Å². The lowest BCUT2D eigenvalue weighted by atomic mass is 10.0. The molecule has 0 bridgehead atoms. The van der Waals surface area contributed by atoms with Crippen LogP contribution in [0.2, 0.25) is 0 Å². The summed E-state index contributed by atoms with van der Waals surface area (Å²) < 4.78 is 30.6. The number of aliphatic hydroxyl groups excluding tert-OH is 2. The lowest BCUT2D eigenvalue weighted by molar-refractivity contribution is -0.113. The number of aliphatic hydroxyl groups is 2.